The molecule has 0 atom stereocenters. The van der Waals surface area contributed by atoms with E-state index in [9.17, 15) is 13.2 Å². The normalized spacial score (nSPS) is 15.9. The molecule has 0 aliphatic heterocycles. The molecule has 0 nitrogen and oxygen atoms in total. The molecule has 0 aromatic heterocycles. The molecule has 0 unspecified atom stereocenters. The number of fused-ring (bicyclic) bond motifs is 3. The molecule has 0 N–H and O–H groups in total. The number of alkyl halides is 3. The molecule has 2 aromatic carbocycles. The summed E-state index contributed by atoms with van der Waals surface area (Å²) in [7, 11) is 0. The van der Waals surface area contributed by atoms with Crippen LogP contribution in [-0.4, -0.2) is 0 Å². The van der Waals surface area contributed by atoms with Gasteiger partial charge in [0.2, 0.25) is 0 Å². The van der Waals surface area contributed by atoms with Gasteiger partial charge in [-0.3, -0.25) is 0 Å². The van der Waals surface area contributed by atoms with Crippen molar-refractivity contribution in [2.45, 2.75) is 32.4 Å². The van der Waals surface area contributed by atoms with Gasteiger partial charge in [0.05, 0.1) is 5.56 Å². The molecular formula is C17H15F3. The molecule has 1 aliphatic carbocycles. The average Bonchev–Trinajstić information content (AvgIpc) is 2.59. The molecule has 0 fully saturated rings. The van der Waals surface area contributed by atoms with Gasteiger partial charge < -0.3 is 0 Å². The molecule has 3 heteroatoms. The summed E-state index contributed by atoms with van der Waals surface area (Å²) in [4.78, 5) is 0. The van der Waals surface area contributed by atoms with Crippen molar-refractivity contribution in [2.75, 3.05) is 0 Å². The Morgan fingerprint density at radius 1 is 0.950 bits per heavy atom. The highest BCUT2D eigenvalue weighted by Gasteiger charge is 2.39. The van der Waals surface area contributed by atoms with Gasteiger partial charge in [-0.05, 0) is 46.9 Å². The first-order valence-corrected chi connectivity index (χ1v) is 6.55. The Kier molecular flexibility index (Phi) is 2.56. The third-order valence-corrected chi connectivity index (χ3v) is 4.24. The summed E-state index contributed by atoms with van der Waals surface area (Å²) in [6, 6.07) is 10.1. The van der Waals surface area contributed by atoms with E-state index < -0.39 is 17.2 Å². The first kappa shape index (κ1) is 13.2. The van der Waals surface area contributed by atoms with Gasteiger partial charge in [-0.25, -0.2) is 0 Å². The van der Waals surface area contributed by atoms with Gasteiger partial charge >= 0.3 is 6.18 Å². The first-order valence-electron chi connectivity index (χ1n) is 6.55. The highest BCUT2D eigenvalue weighted by Crippen LogP contribution is 2.50. The molecule has 0 saturated carbocycles. The standard InChI is InChI=1S/C17H15F3/c1-10-5-4-6-13-15(10)12-8-7-11(17(18,19)20)9-14(12)16(13,2)3/h4-9H,1-3H3. The second kappa shape index (κ2) is 3.87. The summed E-state index contributed by atoms with van der Waals surface area (Å²) in [6.45, 7) is 5.97. The van der Waals surface area contributed by atoms with Crippen molar-refractivity contribution in [3.63, 3.8) is 0 Å². The number of hydrogen-bond acceptors (Lipinski definition) is 0. The molecule has 0 spiro atoms. The highest BCUT2D eigenvalue weighted by atomic mass is 19.4. The van der Waals surface area contributed by atoms with Crippen LogP contribution < -0.4 is 0 Å². The summed E-state index contributed by atoms with van der Waals surface area (Å²) in [5.41, 5.74) is 4.02. The molecule has 0 saturated heterocycles. The third kappa shape index (κ3) is 1.69. The Hall–Kier alpha value is -1.77. The fourth-order valence-corrected chi connectivity index (χ4v) is 3.15. The Labute approximate surface area is 116 Å². The maximum absolute atomic E-state index is 12.9. The van der Waals surface area contributed by atoms with Crippen LogP contribution in [-0.2, 0) is 11.6 Å². The number of rotatable bonds is 0. The van der Waals surface area contributed by atoms with E-state index in [1.807, 2.05) is 39.0 Å². The lowest BCUT2D eigenvalue weighted by atomic mass is 9.82. The second-order valence-electron chi connectivity index (χ2n) is 5.88. The van der Waals surface area contributed by atoms with Crippen LogP contribution in [0.25, 0.3) is 11.1 Å². The van der Waals surface area contributed by atoms with Crippen LogP contribution in [0.3, 0.4) is 0 Å². The maximum Gasteiger partial charge on any atom is 0.416 e. The van der Waals surface area contributed by atoms with E-state index in [1.165, 1.54) is 12.1 Å². The van der Waals surface area contributed by atoms with Crippen LogP contribution in [0, 0.1) is 6.92 Å². The quantitative estimate of drug-likeness (QED) is 0.611. The van der Waals surface area contributed by atoms with E-state index in [0.29, 0.717) is 0 Å². The van der Waals surface area contributed by atoms with E-state index >= 15 is 0 Å². The van der Waals surface area contributed by atoms with Crippen molar-refractivity contribution in [1.29, 1.82) is 0 Å². The molecule has 0 amide bonds. The molecular weight excluding hydrogens is 261 g/mol. The van der Waals surface area contributed by atoms with Gasteiger partial charge in [0.15, 0.2) is 0 Å². The first-order chi connectivity index (χ1) is 9.23. The van der Waals surface area contributed by atoms with Gasteiger partial charge in [0.1, 0.15) is 0 Å². The minimum Gasteiger partial charge on any atom is -0.166 e. The van der Waals surface area contributed by atoms with Crippen molar-refractivity contribution < 1.29 is 13.2 Å². The Morgan fingerprint density at radius 2 is 1.65 bits per heavy atom. The zero-order valence-electron chi connectivity index (χ0n) is 11.6. The summed E-state index contributed by atoms with van der Waals surface area (Å²) in [5.74, 6) is 0. The molecule has 0 bridgehead atoms. The van der Waals surface area contributed by atoms with Crippen LogP contribution in [0.2, 0.25) is 0 Å². The van der Waals surface area contributed by atoms with Gasteiger partial charge in [-0.1, -0.05) is 38.1 Å². The second-order valence-corrected chi connectivity index (χ2v) is 5.88. The molecule has 104 valence electrons. The highest BCUT2D eigenvalue weighted by molar-refractivity contribution is 5.83. The molecule has 0 heterocycles. The molecule has 3 rings (SSSR count). The van der Waals surface area contributed by atoms with Crippen LogP contribution in [0.4, 0.5) is 13.2 Å². The predicted molar refractivity (Wildman–Crippen MR) is 73.7 cm³/mol. The predicted octanol–water partition coefficient (Wildman–Crippen LogP) is 5.32. The van der Waals surface area contributed by atoms with Gasteiger partial charge in [-0.2, -0.15) is 13.2 Å². The molecule has 1 aliphatic rings. The van der Waals surface area contributed by atoms with Crippen molar-refractivity contribution in [3.05, 3.63) is 58.7 Å². The zero-order valence-corrected chi connectivity index (χ0v) is 11.6. The van der Waals surface area contributed by atoms with E-state index in [2.05, 4.69) is 0 Å². The average molecular weight is 276 g/mol. The Morgan fingerprint density at radius 3 is 2.30 bits per heavy atom. The minimum absolute atomic E-state index is 0.391. The monoisotopic (exact) mass is 276 g/mol. The number of benzene rings is 2. The van der Waals surface area contributed by atoms with Gasteiger partial charge in [0, 0.05) is 5.41 Å². The van der Waals surface area contributed by atoms with E-state index in [1.54, 1.807) is 6.07 Å². The van der Waals surface area contributed by atoms with Crippen LogP contribution in [0.5, 0.6) is 0 Å². The molecule has 2 aromatic rings. The lowest BCUT2D eigenvalue weighted by molar-refractivity contribution is -0.137. The summed E-state index contributed by atoms with van der Waals surface area (Å²) < 4.78 is 38.7. The van der Waals surface area contributed by atoms with Gasteiger partial charge in [-0.15, -0.1) is 0 Å². The lowest BCUT2D eigenvalue weighted by Crippen LogP contribution is -2.16. The largest absolute Gasteiger partial charge is 0.416 e. The van der Waals surface area contributed by atoms with Crippen LogP contribution >= 0.6 is 0 Å². The smallest absolute Gasteiger partial charge is 0.166 e. The summed E-state index contributed by atoms with van der Waals surface area (Å²) in [5, 5.41) is 0. The van der Waals surface area contributed by atoms with Gasteiger partial charge in [0.25, 0.3) is 0 Å². The maximum atomic E-state index is 12.9. The van der Waals surface area contributed by atoms with Crippen LogP contribution in [0.15, 0.2) is 36.4 Å². The van der Waals surface area contributed by atoms with E-state index in [0.717, 1.165) is 27.8 Å². The Balaban J connectivity index is 2.31. The van der Waals surface area contributed by atoms with Crippen molar-refractivity contribution >= 4 is 0 Å². The number of halogens is 3. The lowest BCUT2D eigenvalue weighted by Gasteiger charge is -2.22. The fraction of sp³-hybridized carbons (Fsp3) is 0.294. The topological polar surface area (TPSA) is 0 Å². The fourth-order valence-electron chi connectivity index (χ4n) is 3.15. The molecule has 0 radical (unpaired) electrons. The van der Waals surface area contributed by atoms with E-state index in [4.69, 9.17) is 0 Å². The van der Waals surface area contributed by atoms with Crippen molar-refractivity contribution in [1.82, 2.24) is 0 Å². The molecule has 20 heavy (non-hydrogen) atoms. The SMILES string of the molecule is Cc1cccc2c1-c1ccc(C(F)(F)F)cc1C2(C)C. The summed E-state index contributed by atoms with van der Waals surface area (Å²) >= 11 is 0. The van der Waals surface area contributed by atoms with Crippen molar-refractivity contribution in [3.8, 4) is 11.1 Å². The van der Waals surface area contributed by atoms with Crippen LogP contribution in [0.1, 0.15) is 36.1 Å². The Bertz CT molecular complexity index is 694. The minimum atomic E-state index is -4.30. The van der Waals surface area contributed by atoms with Crippen molar-refractivity contribution in [2.24, 2.45) is 0 Å². The number of aryl methyl sites for hydroxylation is 1. The zero-order chi connectivity index (χ0) is 14.7. The third-order valence-electron chi connectivity index (χ3n) is 4.24. The summed E-state index contributed by atoms with van der Waals surface area (Å²) in [6.07, 6.45) is -4.30. The number of hydrogen-bond donors (Lipinski definition) is 0. The van der Waals surface area contributed by atoms with E-state index in [-0.39, 0.29) is 0 Å².